The molecule has 134 valence electrons. The van der Waals surface area contributed by atoms with E-state index in [1.54, 1.807) is 13.8 Å². The average Bonchev–Trinajstić information content (AvgIpc) is 2.50. The normalized spacial score (nSPS) is 18.2. The van der Waals surface area contributed by atoms with Crippen LogP contribution in [0, 0.1) is 0 Å². The number of aryl methyl sites for hydroxylation is 1. The SMILES string of the molecule is CCCCC1CCc2cc(C(F)(F)F)ccc2N1C(C)(C)OC=O. The van der Waals surface area contributed by atoms with Gasteiger partial charge in [0.2, 0.25) is 0 Å². The summed E-state index contributed by atoms with van der Waals surface area (Å²) < 4.78 is 44.2. The van der Waals surface area contributed by atoms with E-state index < -0.39 is 17.5 Å². The van der Waals surface area contributed by atoms with Crippen molar-refractivity contribution in [3.05, 3.63) is 29.3 Å². The van der Waals surface area contributed by atoms with E-state index in [-0.39, 0.29) is 6.04 Å². The van der Waals surface area contributed by atoms with Crippen LogP contribution in [0.1, 0.15) is 57.6 Å². The van der Waals surface area contributed by atoms with Crippen LogP contribution in [0.2, 0.25) is 0 Å². The third-order valence-corrected chi connectivity index (χ3v) is 4.59. The van der Waals surface area contributed by atoms with Crippen molar-refractivity contribution in [1.29, 1.82) is 0 Å². The third-order valence-electron chi connectivity index (χ3n) is 4.59. The van der Waals surface area contributed by atoms with Crippen molar-refractivity contribution < 1.29 is 22.7 Å². The number of halogens is 3. The van der Waals surface area contributed by atoms with Crippen molar-refractivity contribution in [3.63, 3.8) is 0 Å². The Bertz CT molecular complexity index is 584. The van der Waals surface area contributed by atoms with Gasteiger partial charge >= 0.3 is 6.18 Å². The highest BCUT2D eigenvalue weighted by Crippen LogP contribution is 2.41. The molecule has 0 radical (unpaired) electrons. The molecule has 1 aliphatic heterocycles. The predicted octanol–water partition coefficient (Wildman–Crippen LogP) is 4.93. The van der Waals surface area contributed by atoms with Gasteiger partial charge < -0.3 is 9.64 Å². The molecule has 6 heteroatoms. The first kappa shape index (κ1) is 18.6. The molecule has 3 nitrogen and oxygen atoms in total. The summed E-state index contributed by atoms with van der Waals surface area (Å²) in [6.07, 6.45) is -0.0227. The van der Waals surface area contributed by atoms with Gasteiger partial charge in [-0.2, -0.15) is 13.2 Å². The van der Waals surface area contributed by atoms with Gasteiger partial charge in [-0.3, -0.25) is 4.79 Å². The van der Waals surface area contributed by atoms with E-state index >= 15 is 0 Å². The minimum Gasteiger partial charge on any atom is -0.442 e. The van der Waals surface area contributed by atoms with Crippen LogP contribution >= 0.6 is 0 Å². The van der Waals surface area contributed by atoms with Gasteiger partial charge in [-0.25, -0.2) is 0 Å². The van der Waals surface area contributed by atoms with E-state index in [0.717, 1.165) is 37.4 Å². The second-order valence-corrected chi connectivity index (χ2v) is 6.71. The second kappa shape index (κ2) is 7.03. The van der Waals surface area contributed by atoms with Crippen molar-refractivity contribution in [2.75, 3.05) is 4.90 Å². The Kier molecular flexibility index (Phi) is 5.45. The van der Waals surface area contributed by atoms with E-state index in [1.165, 1.54) is 12.1 Å². The number of hydrogen-bond donors (Lipinski definition) is 0. The quantitative estimate of drug-likeness (QED) is 0.686. The highest BCUT2D eigenvalue weighted by Gasteiger charge is 2.39. The largest absolute Gasteiger partial charge is 0.442 e. The van der Waals surface area contributed by atoms with E-state index in [4.69, 9.17) is 4.74 Å². The maximum absolute atomic E-state index is 13.0. The smallest absolute Gasteiger partial charge is 0.416 e. The molecule has 1 unspecified atom stereocenters. The minimum absolute atomic E-state index is 0.143. The van der Waals surface area contributed by atoms with E-state index in [2.05, 4.69) is 6.92 Å². The number of ether oxygens (including phenoxy) is 1. The first-order chi connectivity index (χ1) is 11.2. The number of rotatable bonds is 6. The van der Waals surface area contributed by atoms with Crippen LogP contribution in [-0.2, 0) is 22.1 Å². The summed E-state index contributed by atoms with van der Waals surface area (Å²) in [4.78, 5) is 12.9. The molecule has 2 rings (SSSR count). The van der Waals surface area contributed by atoms with Gasteiger partial charge in [-0.15, -0.1) is 0 Å². The van der Waals surface area contributed by atoms with Crippen molar-refractivity contribution >= 4 is 12.2 Å². The zero-order valence-corrected chi connectivity index (χ0v) is 14.3. The molecule has 1 aromatic rings. The monoisotopic (exact) mass is 343 g/mol. The Morgan fingerprint density at radius 1 is 1.33 bits per heavy atom. The van der Waals surface area contributed by atoms with Crippen molar-refractivity contribution in [2.45, 2.75) is 70.8 Å². The van der Waals surface area contributed by atoms with Gasteiger partial charge in [0, 0.05) is 11.7 Å². The molecule has 1 aliphatic rings. The molecule has 0 saturated carbocycles. The molecule has 1 aromatic carbocycles. The lowest BCUT2D eigenvalue weighted by Gasteiger charge is -2.47. The van der Waals surface area contributed by atoms with Crippen LogP contribution in [0.5, 0.6) is 0 Å². The number of carbonyl (C=O) groups is 1. The zero-order valence-electron chi connectivity index (χ0n) is 14.3. The molecule has 0 N–H and O–H groups in total. The molecule has 24 heavy (non-hydrogen) atoms. The number of carbonyl (C=O) groups excluding carboxylic acids is 1. The molecular formula is C18H24F3NO2. The number of anilines is 1. The van der Waals surface area contributed by atoms with Crippen molar-refractivity contribution in [2.24, 2.45) is 0 Å². The standard InChI is InChI=1S/C18H24F3NO2/c1-4-5-6-15-9-7-13-11-14(18(19,20)21)8-10-16(13)22(15)17(2,3)24-12-23/h8,10-12,15H,4-7,9H2,1-3H3. The summed E-state index contributed by atoms with van der Waals surface area (Å²) in [7, 11) is 0. The highest BCUT2D eigenvalue weighted by molar-refractivity contribution is 5.60. The number of fused-ring (bicyclic) bond motifs is 1. The second-order valence-electron chi connectivity index (χ2n) is 6.71. The molecule has 0 bridgehead atoms. The first-order valence-electron chi connectivity index (χ1n) is 8.31. The van der Waals surface area contributed by atoms with Crippen molar-refractivity contribution in [3.8, 4) is 0 Å². The summed E-state index contributed by atoms with van der Waals surface area (Å²) in [6.45, 7) is 6.04. The van der Waals surface area contributed by atoms with Crippen molar-refractivity contribution in [1.82, 2.24) is 0 Å². The van der Waals surface area contributed by atoms with Crippen LogP contribution < -0.4 is 4.90 Å². The summed E-state index contributed by atoms with van der Waals surface area (Å²) >= 11 is 0. The van der Waals surface area contributed by atoms with Crippen LogP contribution in [0.25, 0.3) is 0 Å². The molecule has 1 atom stereocenters. The number of hydrogen-bond acceptors (Lipinski definition) is 3. The molecule has 0 aliphatic carbocycles. The third kappa shape index (κ3) is 3.84. The van der Waals surface area contributed by atoms with Gasteiger partial charge in [-0.05, 0) is 56.9 Å². The molecule has 1 heterocycles. The van der Waals surface area contributed by atoms with Gasteiger partial charge in [0.1, 0.15) is 0 Å². The van der Waals surface area contributed by atoms with Gasteiger partial charge in [0.05, 0.1) is 5.56 Å². The average molecular weight is 343 g/mol. The van der Waals surface area contributed by atoms with E-state index in [9.17, 15) is 18.0 Å². The fourth-order valence-corrected chi connectivity index (χ4v) is 3.46. The summed E-state index contributed by atoms with van der Waals surface area (Å²) in [5.41, 5.74) is -0.167. The first-order valence-corrected chi connectivity index (χ1v) is 8.31. The lowest BCUT2D eigenvalue weighted by Crippen LogP contribution is -2.54. The Morgan fingerprint density at radius 2 is 2.04 bits per heavy atom. The number of nitrogens with zero attached hydrogens (tertiary/aromatic N) is 1. The highest BCUT2D eigenvalue weighted by atomic mass is 19.4. The zero-order chi connectivity index (χ0) is 18.0. The van der Waals surface area contributed by atoms with Crippen LogP contribution in [-0.4, -0.2) is 18.2 Å². The molecule has 0 spiro atoms. The van der Waals surface area contributed by atoms with Crippen LogP contribution in [0.4, 0.5) is 18.9 Å². The molecule has 0 amide bonds. The summed E-state index contributed by atoms with van der Waals surface area (Å²) in [5.74, 6) is 0. The minimum atomic E-state index is -4.35. The van der Waals surface area contributed by atoms with Gasteiger partial charge in [0.15, 0.2) is 5.72 Å². The Hall–Kier alpha value is -1.72. The van der Waals surface area contributed by atoms with Crippen LogP contribution in [0.3, 0.4) is 0 Å². The Balaban J connectivity index is 2.44. The summed E-state index contributed by atoms with van der Waals surface area (Å²) in [5, 5.41) is 0. The fourth-order valence-electron chi connectivity index (χ4n) is 3.46. The topological polar surface area (TPSA) is 29.5 Å². The maximum Gasteiger partial charge on any atom is 0.416 e. The van der Waals surface area contributed by atoms with Gasteiger partial charge in [0.25, 0.3) is 6.47 Å². The summed E-state index contributed by atoms with van der Waals surface area (Å²) in [6, 6.07) is 3.97. The molecular weight excluding hydrogens is 319 g/mol. The number of benzene rings is 1. The van der Waals surface area contributed by atoms with E-state index in [1.807, 2.05) is 4.90 Å². The number of alkyl halides is 3. The molecule has 0 aromatic heterocycles. The van der Waals surface area contributed by atoms with Crippen LogP contribution in [0.15, 0.2) is 18.2 Å². The molecule has 0 saturated heterocycles. The van der Waals surface area contributed by atoms with E-state index in [0.29, 0.717) is 18.5 Å². The maximum atomic E-state index is 13.0. The Labute approximate surface area is 140 Å². The lowest BCUT2D eigenvalue weighted by molar-refractivity contribution is -0.141. The lowest BCUT2D eigenvalue weighted by atomic mass is 9.89. The van der Waals surface area contributed by atoms with Gasteiger partial charge in [-0.1, -0.05) is 19.8 Å². The fraction of sp³-hybridized carbons (Fsp3) is 0.611. The predicted molar refractivity (Wildman–Crippen MR) is 86.8 cm³/mol. The Morgan fingerprint density at radius 3 is 2.62 bits per heavy atom. The number of unbranched alkanes of at least 4 members (excludes halogenated alkanes) is 1. The molecule has 0 fully saturated rings.